The van der Waals surface area contributed by atoms with E-state index in [1.807, 2.05) is 4.90 Å². The first kappa shape index (κ1) is 18.3. The molecule has 2 aliphatic heterocycles. The molecule has 3 heterocycles. The fraction of sp³-hybridized carbons (Fsp3) is 0.667. The Morgan fingerprint density at radius 2 is 2.11 bits per heavy atom. The van der Waals surface area contributed by atoms with Gasteiger partial charge in [0.25, 0.3) is 5.91 Å². The summed E-state index contributed by atoms with van der Waals surface area (Å²) in [6.07, 6.45) is 9.86. The highest BCUT2D eigenvalue weighted by Gasteiger charge is 2.50. The summed E-state index contributed by atoms with van der Waals surface area (Å²) in [7, 11) is 0. The van der Waals surface area contributed by atoms with Gasteiger partial charge < -0.3 is 14.6 Å². The Kier molecular flexibility index (Phi) is 4.53. The summed E-state index contributed by atoms with van der Waals surface area (Å²) in [4.78, 5) is 32.2. The normalized spacial score (nSPS) is 37.0. The van der Waals surface area contributed by atoms with Crippen LogP contribution in [-0.4, -0.2) is 45.8 Å². The Morgan fingerprint density at radius 3 is 2.75 bits per heavy atom. The SMILES string of the molecule is CC1(C2CCN(C(=O)c3ccoc3)CC2)SC(=N[C@H]2C[C@@H]3CC[C@H]2C3)NC1=O. The van der Waals surface area contributed by atoms with Crippen LogP contribution < -0.4 is 5.32 Å². The Balaban J connectivity index is 1.23. The first-order valence-corrected chi connectivity index (χ1v) is 11.2. The molecule has 0 radical (unpaired) electrons. The minimum Gasteiger partial charge on any atom is -0.472 e. The molecule has 28 heavy (non-hydrogen) atoms. The number of hydrogen-bond donors (Lipinski definition) is 1. The number of furan rings is 1. The zero-order valence-corrected chi connectivity index (χ0v) is 17.0. The van der Waals surface area contributed by atoms with Crippen molar-refractivity contribution in [2.75, 3.05) is 13.1 Å². The van der Waals surface area contributed by atoms with Crippen LogP contribution in [-0.2, 0) is 4.79 Å². The second-order valence-electron chi connectivity index (χ2n) is 8.92. The van der Waals surface area contributed by atoms with Gasteiger partial charge in [-0.2, -0.15) is 0 Å². The first-order chi connectivity index (χ1) is 13.5. The number of carbonyl (C=O) groups excluding carboxylic acids is 2. The third-order valence-corrected chi connectivity index (χ3v) is 8.64. The number of piperidine rings is 1. The number of rotatable bonds is 3. The van der Waals surface area contributed by atoms with E-state index in [1.165, 1.54) is 38.2 Å². The Labute approximate surface area is 169 Å². The van der Waals surface area contributed by atoms with E-state index in [0.717, 1.165) is 29.8 Å². The standard InChI is InChI=1S/C21H27N3O3S/c1-21(16-4-7-24(8-5-16)18(25)15-6-9-27-12-15)19(26)23-20(28-21)22-17-11-13-2-3-14(17)10-13/h6,9,12-14,16-17H,2-5,7-8,10-11H2,1H3,(H,22,23,26)/t13-,14+,17+,21?/m1/s1. The summed E-state index contributed by atoms with van der Waals surface area (Å²) in [5, 5.41) is 3.89. The minimum atomic E-state index is -0.485. The molecule has 1 N–H and O–H groups in total. The van der Waals surface area contributed by atoms with E-state index in [1.54, 1.807) is 17.8 Å². The number of nitrogens with one attached hydrogen (secondary N) is 1. The lowest BCUT2D eigenvalue weighted by molar-refractivity contribution is -0.122. The predicted molar refractivity (Wildman–Crippen MR) is 108 cm³/mol. The summed E-state index contributed by atoms with van der Waals surface area (Å²) in [6.45, 7) is 3.41. The van der Waals surface area contributed by atoms with E-state index in [0.29, 0.717) is 24.7 Å². The average molecular weight is 402 g/mol. The number of nitrogens with zero attached hydrogens (tertiary/aromatic N) is 2. The second-order valence-corrected chi connectivity index (χ2v) is 10.4. The Morgan fingerprint density at radius 1 is 1.29 bits per heavy atom. The Hall–Kier alpha value is -1.76. The molecule has 5 rings (SSSR count). The van der Waals surface area contributed by atoms with Crippen molar-refractivity contribution in [2.45, 2.75) is 56.2 Å². The van der Waals surface area contributed by atoms with E-state index in [4.69, 9.17) is 9.41 Å². The number of hydrogen-bond acceptors (Lipinski definition) is 5. The number of amidine groups is 1. The molecule has 0 spiro atoms. The summed E-state index contributed by atoms with van der Waals surface area (Å²) in [5.41, 5.74) is 0.595. The van der Waals surface area contributed by atoms with Crippen molar-refractivity contribution in [3.63, 3.8) is 0 Å². The number of amides is 2. The molecule has 2 aliphatic carbocycles. The van der Waals surface area contributed by atoms with Crippen LogP contribution in [0, 0.1) is 17.8 Å². The lowest BCUT2D eigenvalue weighted by atomic mass is 9.84. The third-order valence-electron chi connectivity index (χ3n) is 7.29. The molecule has 150 valence electrons. The van der Waals surface area contributed by atoms with Gasteiger partial charge >= 0.3 is 0 Å². The van der Waals surface area contributed by atoms with Gasteiger partial charge in [0, 0.05) is 13.1 Å². The number of thioether (sulfide) groups is 1. The second kappa shape index (κ2) is 6.94. The predicted octanol–water partition coefficient (Wildman–Crippen LogP) is 3.30. The van der Waals surface area contributed by atoms with Crippen molar-refractivity contribution < 1.29 is 14.0 Å². The molecule has 4 aliphatic rings. The monoisotopic (exact) mass is 401 g/mol. The average Bonchev–Trinajstić information content (AvgIpc) is 3.48. The van der Waals surface area contributed by atoms with E-state index in [2.05, 4.69) is 12.2 Å². The van der Waals surface area contributed by atoms with Crippen molar-refractivity contribution in [1.82, 2.24) is 10.2 Å². The van der Waals surface area contributed by atoms with E-state index >= 15 is 0 Å². The number of fused-ring (bicyclic) bond motifs is 2. The van der Waals surface area contributed by atoms with Gasteiger partial charge in [0.2, 0.25) is 5.91 Å². The number of aliphatic imine (C=N–C) groups is 1. The van der Waals surface area contributed by atoms with Gasteiger partial charge in [0.15, 0.2) is 5.17 Å². The molecule has 4 fully saturated rings. The van der Waals surface area contributed by atoms with Crippen molar-refractivity contribution >= 4 is 28.7 Å². The van der Waals surface area contributed by atoms with Gasteiger partial charge in [-0.15, -0.1) is 0 Å². The smallest absolute Gasteiger partial charge is 0.257 e. The van der Waals surface area contributed by atoms with Crippen LogP contribution in [0.3, 0.4) is 0 Å². The maximum atomic E-state index is 12.8. The van der Waals surface area contributed by atoms with Crippen LogP contribution in [0.15, 0.2) is 28.0 Å². The molecule has 4 atom stereocenters. The first-order valence-electron chi connectivity index (χ1n) is 10.4. The van der Waals surface area contributed by atoms with Crippen LogP contribution in [0.4, 0.5) is 0 Å². The minimum absolute atomic E-state index is 0.0133. The van der Waals surface area contributed by atoms with Crippen LogP contribution in [0.5, 0.6) is 0 Å². The van der Waals surface area contributed by atoms with Gasteiger partial charge in [-0.05, 0) is 62.8 Å². The largest absolute Gasteiger partial charge is 0.472 e. The zero-order chi connectivity index (χ0) is 19.3. The molecular formula is C21H27N3O3S. The van der Waals surface area contributed by atoms with Gasteiger partial charge in [0.05, 0.1) is 17.9 Å². The molecule has 2 saturated carbocycles. The molecule has 1 aromatic rings. The van der Waals surface area contributed by atoms with Gasteiger partial charge in [-0.3, -0.25) is 14.6 Å². The van der Waals surface area contributed by atoms with Gasteiger partial charge in [-0.1, -0.05) is 18.2 Å². The summed E-state index contributed by atoms with van der Waals surface area (Å²) >= 11 is 1.62. The maximum absolute atomic E-state index is 12.8. The molecule has 2 saturated heterocycles. The van der Waals surface area contributed by atoms with E-state index < -0.39 is 4.75 Å². The highest BCUT2D eigenvalue weighted by Crippen LogP contribution is 2.48. The molecular weight excluding hydrogens is 374 g/mol. The van der Waals surface area contributed by atoms with Gasteiger partial charge in [-0.25, -0.2) is 0 Å². The van der Waals surface area contributed by atoms with Crippen molar-refractivity contribution in [1.29, 1.82) is 0 Å². The molecule has 7 heteroatoms. The molecule has 6 nitrogen and oxygen atoms in total. The fourth-order valence-electron chi connectivity index (χ4n) is 5.54. The highest BCUT2D eigenvalue weighted by atomic mass is 32.2. The Bertz CT molecular complexity index is 800. The van der Waals surface area contributed by atoms with E-state index in [9.17, 15) is 9.59 Å². The fourth-order valence-corrected chi connectivity index (χ4v) is 6.82. The summed E-state index contributed by atoms with van der Waals surface area (Å²) in [5.74, 6) is 1.92. The van der Waals surface area contributed by atoms with E-state index in [-0.39, 0.29) is 17.7 Å². The molecule has 2 amide bonds. The summed E-state index contributed by atoms with van der Waals surface area (Å²) in [6, 6.07) is 2.10. The van der Waals surface area contributed by atoms with Crippen molar-refractivity contribution in [2.24, 2.45) is 22.7 Å². The molecule has 0 aromatic carbocycles. The lowest BCUT2D eigenvalue weighted by Crippen LogP contribution is -2.47. The molecule has 1 unspecified atom stereocenters. The van der Waals surface area contributed by atoms with Crippen LogP contribution in [0.2, 0.25) is 0 Å². The topological polar surface area (TPSA) is 74.9 Å². The quantitative estimate of drug-likeness (QED) is 0.843. The molecule has 2 bridgehead atoms. The third kappa shape index (κ3) is 3.08. The maximum Gasteiger partial charge on any atom is 0.257 e. The van der Waals surface area contributed by atoms with Crippen LogP contribution in [0.25, 0.3) is 0 Å². The highest BCUT2D eigenvalue weighted by molar-refractivity contribution is 8.16. The van der Waals surface area contributed by atoms with Gasteiger partial charge in [0.1, 0.15) is 11.0 Å². The van der Waals surface area contributed by atoms with Crippen molar-refractivity contribution in [3.05, 3.63) is 24.2 Å². The number of likely N-dealkylation sites (tertiary alicyclic amines) is 1. The number of carbonyl (C=O) groups is 2. The van der Waals surface area contributed by atoms with Crippen LogP contribution in [0.1, 0.15) is 55.8 Å². The summed E-state index contributed by atoms with van der Waals surface area (Å²) < 4.78 is 4.54. The van der Waals surface area contributed by atoms with Crippen molar-refractivity contribution in [3.8, 4) is 0 Å². The zero-order valence-electron chi connectivity index (χ0n) is 16.2. The lowest BCUT2D eigenvalue weighted by Gasteiger charge is -2.38. The molecule has 1 aromatic heterocycles. The van der Waals surface area contributed by atoms with Crippen LogP contribution >= 0.6 is 11.8 Å².